The van der Waals surface area contributed by atoms with Crippen LogP contribution < -0.4 is 0 Å². The summed E-state index contributed by atoms with van der Waals surface area (Å²) in [6.45, 7) is 0. The maximum Gasteiger partial charge on any atom is 0.0705 e. The quantitative estimate of drug-likeness (QED) is 0.626. The van der Waals surface area contributed by atoms with Gasteiger partial charge in [-0.2, -0.15) is 0 Å². The standard InChI is InChI=1S/C13H16S2/c1-2-6-10-13(9-5-1)14-11-7-3-4-8-12(11)15-13/h3-4,7-8H,1-2,5-6,9-10H2. The number of hydrogen-bond acceptors (Lipinski definition) is 2. The Morgan fingerprint density at radius 3 is 1.87 bits per heavy atom. The molecule has 0 amide bonds. The second kappa shape index (κ2) is 4.06. The van der Waals surface area contributed by atoms with Gasteiger partial charge in [-0.25, -0.2) is 0 Å². The normalized spacial score (nSPS) is 23.7. The minimum Gasteiger partial charge on any atom is -0.107 e. The number of hydrogen-bond donors (Lipinski definition) is 0. The highest BCUT2D eigenvalue weighted by Gasteiger charge is 2.38. The predicted molar refractivity (Wildman–Crippen MR) is 68.6 cm³/mol. The zero-order valence-corrected chi connectivity index (χ0v) is 10.5. The Labute approximate surface area is 100 Å². The van der Waals surface area contributed by atoms with Gasteiger partial charge in [-0.1, -0.05) is 37.8 Å². The lowest BCUT2D eigenvalue weighted by atomic mass is 10.2. The molecule has 1 aromatic carbocycles. The lowest BCUT2D eigenvalue weighted by molar-refractivity contribution is 0.679. The van der Waals surface area contributed by atoms with Gasteiger partial charge < -0.3 is 0 Å². The molecule has 2 aliphatic rings. The summed E-state index contributed by atoms with van der Waals surface area (Å²) in [5.41, 5.74) is 0. The number of benzene rings is 1. The molecular formula is C13H16S2. The first kappa shape index (κ1) is 10.1. The van der Waals surface area contributed by atoms with Crippen molar-refractivity contribution >= 4 is 23.5 Å². The Morgan fingerprint density at radius 1 is 0.800 bits per heavy atom. The first-order valence-electron chi connectivity index (χ1n) is 5.85. The zero-order chi connectivity index (χ0) is 10.1. The largest absolute Gasteiger partial charge is 0.107 e. The van der Waals surface area contributed by atoms with Gasteiger partial charge in [-0.05, 0) is 25.0 Å². The van der Waals surface area contributed by atoms with Gasteiger partial charge in [0.05, 0.1) is 4.08 Å². The molecule has 80 valence electrons. The van der Waals surface area contributed by atoms with Crippen molar-refractivity contribution in [3.63, 3.8) is 0 Å². The molecule has 0 radical (unpaired) electrons. The summed E-state index contributed by atoms with van der Waals surface area (Å²) in [7, 11) is 0. The Morgan fingerprint density at radius 2 is 1.33 bits per heavy atom. The van der Waals surface area contributed by atoms with Crippen LogP contribution in [0.3, 0.4) is 0 Å². The van der Waals surface area contributed by atoms with Crippen LogP contribution in [0.25, 0.3) is 0 Å². The van der Waals surface area contributed by atoms with Crippen LogP contribution in [-0.2, 0) is 0 Å². The van der Waals surface area contributed by atoms with E-state index in [-0.39, 0.29) is 0 Å². The van der Waals surface area contributed by atoms with Gasteiger partial charge in [0, 0.05) is 9.79 Å². The van der Waals surface area contributed by atoms with E-state index in [2.05, 4.69) is 47.8 Å². The molecule has 1 spiro atoms. The molecule has 0 N–H and O–H groups in total. The summed E-state index contributed by atoms with van der Waals surface area (Å²) in [4.78, 5) is 3.04. The predicted octanol–water partition coefficient (Wildman–Crippen LogP) is 4.93. The maximum atomic E-state index is 2.28. The fourth-order valence-corrected chi connectivity index (χ4v) is 5.88. The first-order valence-corrected chi connectivity index (χ1v) is 7.48. The molecule has 1 aromatic rings. The van der Waals surface area contributed by atoms with Crippen LogP contribution in [0.15, 0.2) is 34.1 Å². The van der Waals surface area contributed by atoms with Gasteiger partial charge in [0.1, 0.15) is 0 Å². The van der Waals surface area contributed by atoms with Crippen molar-refractivity contribution in [1.82, 2.24) is 0 Å². The third kappa shape index (κ3) is 1.94. The lowest BCUT2D eigenvalue weighted by Crippen LogP contribution is -2.14. The average Bonchev–Trinajstić information content (AvgIpc) is 2.45. The molecule has 1 aliphatic heterocycles. The molecule has 0 aromatic heterocycles. The number of rotatable bonds is 0. The molecule has 3 rings (SSSR count). The van der Waals surface area contributed by atoms with Gasteiger partial charge in [0.15, 0.2) is 0 Å². The van der Waals surface area contributed by atoms with E-state index in [0.29, 0.717) is 4.08 Å². The van der Waals surface area contributed by atoms with E-state index < -0.39 is 0 Å². The molecule has 15 heavy (non-hydrogen) atoms. The molecule has 1 saturated carbocycles. The Bertz CT molecular complexity index is 324. The fourth-order valence-electron chi connectivity index (χ4n) is 2.51. The highest BCUT2D eigenvalue weighted by atomic mass is 32.2. The average molecular weight is 236 g/mol. The lowest BCUT2D eigenvalue weighted by Gasteiger charge is -2.24. The van der Waals surface area contributed by atoms with Crippen molar-refractivity contribution in [3.8, 4) is 0 Å². The van der Waals surface area contributed by atoms with Crippen molar-refractivity contribution in [1.29, 1.82) is 0 Å². The van der Waals surface area contributed by atoms with E-state index in [1.54, 1.807) is 0 Å². The van der Waals surface area contributed by atoms with Crippen molar-refractivity contribution < 1.29 is 0 Å². The van der Waals surface area contributed by atoms with Crippen LogP contribution in [0, 0.1) is 0 Å². The summed E-state index contributed by atoms with van der Waals surface area (Å²) in [6.07, 6.45) is 8.54. The van der Waals surface area contributed by atoms with Crippen LogP contribution in [0.4, 0.5) is 0 Å². The van der Waals surface area contributed by atoms with Crippen molar-refractivity contribution in [2.75, 3.05) is 0 Å². The van der Waals surface area contributed by atoms with Crippen molar-refractivity contribution in [3.05, 3.63) is 24.3 Å². The van der Waals surface area contributed by atoms with E-state index >= 15 is 0 Å². The summed E-state index contributed by atoms with van der Waals surface area (Å²) < 4.78 is 0.500. The minimum absolute atomic E-state index is 0.500. The van der Waals surface area contributed by atoms with E-state index in [0.717, 1.165) is 0 Å². The smallest absolute Gasteiger partial charge is 0.0705 e. The van der Waals surface area contributed by atoms with Crippen molar-refractivity contribution in [2.24, 2.45) is 0 Å². The fraction of sp³-hybridized carbons (Fsp3) is 0.538. The summed E-state index contributed by atoms with van der Waals surface area (Å²) in [5.74, 6) is 0. The molecule has 1 heterocycles. The van der Waals surface area contributed by atoms with E-state index in [1.807, 2.05) is 0 Å². The van der Waals surface area contributed by atoms with Crippen LogP contribution >= 0.6 is 23.5 Å². The van der Waals surface area contributed by atoms with Crippen LogP contribution in [0.2, 0.25) is 0 Å². The number of fused-ring (bicyclic) bond motifs is 1. The second-order valence-corrected chi connectivity index (χ2v) is 7.59. The molecule has 1 fully saturated rings. The molecule has 0 bridgehead atoms. The van der Waals surface area contributed by atoms with Crippen LogP contribution in [0.5, 0.6) is 0 Å². The highest BCUT2D eigenvalue weighted by Crippen LogP contribution is 2.60. The highest BCUT2D eigenvalue weighted by molar-refractivity contribution is 8.20. The molecule has 0 saturated heterocycles. The van der Waals surface area contributed by atoms with E-state index in [4.69, 9.17) is 0 Å². The Hall–Kier alpha value is -0.0800. The summed E-state index contributed by atoms with van der Waals surface area (Å²) >= 11 is 4.27. The molecule has 0 unspecified atom stereocenters. The van der Waals surface area contributed by atoms with Crippen molar-refractivity contribution in [2.45, 2.75) is 52.4 Å². The Balaban J connectivity index is 1.86. The summed E-state index contributed by atoms with van der Waals surface area (Å²) in [6, 6.07) is 8.91. The second-order valence-electron chi connectivity index (χ2n) is 4.48. The molecule has 2 heteroatoms. The van der Waals surface area contributed by atoms with E-state index in [9.17, 15) is 0 Å². The minimum atomic E-state index is 0.500. The summed E-state index contributed by atoms with van der Waals surface area (Å²) in [5, 5.41) is 0. The SMILES string of the molecule is c1ccc2c(c1)SC1(CCCCCC1)S2. The number of thioether (sulfide) groups is 2. The maximum absolute atomic E-state index is 2.28. The van der Waals surface area contributed by atoms with Gasteiger partial charge in [-0.15, -0.1) is 23.5 Å². The third-order valence-corrected chi connectivity index (χ3v) is 6.65. The van der Waals surface area contributed by atoms with Gasteiger partial charge >= 0.3 is 0 Å². The zero-order valence-electron chi connectivity index (χ0n) is 8.87. The van der Waals surface area contributed by atoms with Crippen LogP contribution in [0.1, 0.15) is 38.5 Å². The molecule has 1 aliphatic carbocycles. The topological polar surface area (TPSA) is 0 Å². The van der Waals surface area contributed by atoms with E-state index in [1.165, 1.54) is 48.3 Å². The monoisotopic (exact) mass is 236 g/mol. The molecular weight excluding hydrogens is 220 g/mol. The van der Waals surface area contributed by atoms with Gasteiger partial charge in [-0.3, -0.25) is 0 Å². The van der Waals surface area contributed by atoms with Gasteiger partial charge in [0.2, 0.25) is 0 Å². The molecule has 0 atom stereocenters. The third-order valence-electron chi connectivity index (χ3n) is 3.31. The molecule has 0 nitrogen and oxygen atoms in total. The van der Waals surface area contributed by atoms with Gasteiger partial charge in [0.25, 0.3) is 0 Å². The Kier molecular flexibility index (Phi) is 2.73. The van der Waals surface area contributed by atoms with Crippen LogP contribution in [-0.4, -0.2) is 4.08 Å². The first-order chi connectivity index (χ1) is 7.38.